The SMILES string of the molecule is CO[C@@H](C[C@@H](C)CO)[C@@H]1OCC(=O)C(=O)N2CCCC3/C(=C\[C@@H]4CC[C@@H](O)[C@H](OC)C4)[C@@H](OC(=O)[C@H]32)[C@H](C)[C@@H](O)CC(=O)[C@H](CCCC(=O)O)/C=C(\C)C[C@H](C)C[C@@H]1O. The van der Waals surface area contributed by atoms with Crippen molar-refractivity contribution < 1.29 is 68.5 Å². The Bertz CT molecular complexity index is 1510. The number of carboxylic acid groups (broad SMARTS) is 1. The lowest BCUT2D eigenvalue weighted by molar-refractivity contribution is -0.174. The molecule has 1 amide bonds. The number of methoxy groups -OCH3 is 2. The number of amides is 1. The van der Waals surface area contributed by atoms with E-state index in [-0.39, 0.29) is 75.2 Å². The van der Waals surface area contributed by atoms with Crippen LogP contribution < -0.4 is 0 Å². The second-order valence-corrected chi connectivity index (χ2v) is 17.7. The molecule has 334 valence electrons. The van der Waals surface area contributed by atoms with Crippen LogP contribution >= 0.6 is 0 Å². The van der Waals surface area contributed by atoms with Gasteiger partial charge >= 0.3 is 11.9 Å². The number of fused-ring (bicyclic) bond motifs is 2. The molecular formula is C44H69NO14. The molecule has 3 heterocycles. The van der Waals surface area contributed by atoms with Crippen molar-refractivity contribution in [2.75, 3.05) is 34.0 Å². The molecular weight excluding hydrogens is 766 g/mol. The van der Waals surface area contributed by atoms with E-state index in [0.717, 1.165) is 5.57 Å². The summed E-state index contributed by atoms with van der Waals surface area (Å²) in [7, 11) is 2.98. The zero-order valence-corrected chi connectivity index (χ0v) is 35.7. The predicted octanol–water partition coefficient (Wildman–Crippen LogP) is 3.17. The average molecular weight is 836 g/mol. The van der Waals surface area contributed by atoms with Gasteiger partial charge in [0.15, 0.2) is 0 Å². The van der Waals surface area contributed by atoms with Gasteiger partial charge in [-0.2, -0.15) is 0 Å². The smallest absolute Gasteiger partial charge is 0.330 e. The first-order chi connectivity index (χ1) is 28.0. The molecule has 2 bridgehead atoms. The average Bonchev–Trinajstić information content (AvgIpc) is 3.19. The number of aliphatic hydroxyl groups is 4. The molecule has 2 saturated heterocycles. The summed E-state index contributed by atoms with van der Waals surface area (Å²) in [4.78, 5) is 68.6. The number of allylic oxidation sites excluding steroid dienone is 3. The van der Waals surface area contributed by atoms with Crippen LogP contribution in [0.25, 0.3) is 0 Å². The molecule has 59 heavy (non-hydrogen) atoms. The van der Waals surface area contributed by atoms with Crippen LogP contribution in [-0.4, -0.2) is 143 Å². The molecule has 5 N–H and O–H groups in total. The summed E-state index contributed by atoms with van der Waals surface area (Å²) in [6.45, 7) is 6.57. The van der Waals surface area contributed by atoms with Gasteiger partial charge in [-0.25, -0.2) is 4.79 Å². The van der Waals surface area contributed by atoms with Crippen molar-refractivity contribution in [3.63, 3.8) is 0 Å². The highest BCUT2D eigenvalue weighted by Crippen LogP contribution is 2.43. The molecule has 0 aromatic rings. The molecule has 0 aromatic heterocycles. The molecule has 3 aliphatic heterocycles. The minimum Gasteiger partial charge on any atom is -0.481 e. The van der Waals surface area contributed by atoms with Gasteiger partial charge < -0.3 is 49.4 Å². The number of ether oxygens (including phenoxy) is 4. The van der Waals surface area contributed by atoms with Gasteiger partial charge in [-0.05, 0) is 94.5 Å². The van der Waals surface area contributed by atoms with Crippen molar-refractivity contribution >= 4 is 29.4 Å². The molecule has 1 saturated carbocycles. The third-order valence-corrected chi connectivity index (χ3v) is 12.9. The molecule has 1 unspecified atom stereocenters. The number of aliphatic carboxylic acids is 1. The van der Waals surface area contributed by atoms with Crippen LogP contribution in [0.4, 0.5) is 0 Å². The summed E-state index contributed by atoms with van der Waals surface area (Å²) in [5.41, 5.74) is 1.51. The number of carbonyl (C=O) groups is 5. The van der Waals surface area contributed by atoms with E-state index in [4.69, 9.17) is 18.9 Å². The minimum absolute atomic E-state index is 0.0976. The Morgan fingerprint density at radius 3 is 2.41 bits per heavy atom. The van der Waals surface area contributed by atoms with Crippen molar-refractivity contribution in [1.29, 1.82) is 0 Å². The maximum absolute atomic E-state index is 14.1. The van der Waals surface area contributed by atoms with Crippen molar-refractivity contribution in [1.82, 2.24) is 4.90 Å². The van der Waals surface area contributed by atoms with Crippen LogP contribution in [0.15, 0.2) is 23.3 Å². The molecule has 4 aliphatic rings. The van der Waals surface area contributed by atoms with E-state index < -0.39 is 96.8 Å². The van der Waals surface area contributed by atoms with Gasteiger partial charge in [-0.3, -0.25) is 19.2 Å². The number of nitrogens with zero attached hydrogens (tertiary/aromatic N) is 1. The molecule has 3 fully saturated rings. The normalized spacial score (nSPS) is 37.3. The number of ketones is 2. The Labute approximate surface area is 348 Å². The second-order valence-electron chi connectivity index (χ2n) is 17.7. The first kappa shape index (κ1) is 48.6. The van der Waals surface area contributed by atoms with Gasteiger partial charge in [-0.15, -0.1) is 0 Å². The van der Waals surface area contributed by atoms with Crippen LogP contribution in [0.3, 0.4) is 0 Å². The third kappa shape index (κ3) is 13.0. The lowest BCUT2D eigenvalue weighted by Gasteiger charge is -2.48. The number of esters is 1. The van der Waals surface area contributed by atoms with E-state index in [1.165, 1.54) is 19.1 Å². The Morgan fingerprint density at radius 2 is 1.75 bits per heavy atom. The molecule has 15 nitrogen and oxygen atoms in total. The number of carboxylic acids is 1. The van der Waals surface area contributed by atoms with Crippen LogP contribution in [0, 0.1) is 35.5 Å². The lowest BCUT2D eigenvalue weighted by atomic mass is 9.72. The molecule has 1 aliphatic carbocycles. The van der Waals surface area contributed by atoms with Gasteiger partial charge in [0.2, 0.25) is 5.78 Å². The summed E-state index contributed by atoms with van der Waals surface area (Å²) in [5, 5.41) is 53.1. The molecule has 15 heteroatoms. The third-order valence-electron chi connectivity index (χ3n) is 12.9. The van der Waals surface area contributed by atoms with E-state index in [2.05, 4.69) is 0 Å². The fraction of sp³-hybridized carbons (Fsp3) is 0.795. The number of Topliss-reactive ketones (excluding diaryl/α,β-unsaturated/α-hetero) is 2. The maximum atomic E-state index is 14.1. The Hall–Kier alpha value is -3.05. The highest BCUT2D eigenvalue weighted by Gasteiger charge is 2.51. The van der Waals surface area contributed by atoms with Gasteiger partial charge in [-0.1, -0.05) is 38.5 Å². The monoisotopic (exact) mass is 835 g/mol. The zero-order chi connectivity index (χ0) is 43.6. The van der Waals surface area contributed by atoms with E-state index >= 15 is 0 Å². The number of carbonyl (C=O) groups excluding carboxylic acids is 4. The molecule has 0 radical (unpaired) electrons. The highest BCUT2D eigenvalue weighted by molar-refractivity contribution is 6.37. The Kier molecular flexibility index (Phi) is 18.7. The summed E-state index contributed by atoms with van der Waals surface area (Å²) in [5.74, 6) is -6.35. The number of hydrogen-bond donors (Lipinski definition) is 5. The van der Waals surface area contributed by atoms with Gasteiger partial charge in [0, 0.05) is 58.0 Å². The molecule has 0 aromatic carbocycles. The van der Waals surface area contributed by atoms with Crippen LogP contribution in [-0.2, 0) is 42.9 Å². The van der Waals surface area contributed by atoms with E-state index in [1.54, 1.807) is 6.92 Å². The van der Waals surface area contributed by atoms with Gasteiger partial charge in [0.1, 0.15) is 30.6 Å². The fourth-order valence-electron chi connectivity index (χ4n) is 9.63. The number of piperidine rings is 1. The number of hydrogen-bond acceptors (Lipinski definition) is 13. The number of aliphatic hydroxyl groups excluding tert-OH is 4. The fourth-order valence-corrected chi connectivity index (χ4v) is 9.63. The standard InChI is InChI=1S/C44H69NO14/c1-24-15-25(2)17-35(50)42(38(57-6)18-26(3)22-46)58-23-36(51)43(54)45-14-8-10-30-31(19-28-12-13-32(47)37(20-28)56-5)41(59-44(55)40(30)45)27(4)33(48)21-34(49)29(16-24)9-7-11-39(52)53/h16,19,25-30,32-33,35,37-38,40-42,46-48,50H,7-15,17-18,20-23H2,1-6H3,(H,52,53)/b24-16+,31-19+/t25-,26+,27+,28-,29+,30?,32+,33-,35-,37+,38-,40-,41-,42+/m0/s1. The summed E-state index contributed by atoms with van der Waals surface area (Å²) in [6.07, 6.45) is 1.12. The van der Waals surface area contributed by atoms with Crippen molar-refractivity contribution in [3.05, 3.63) is 23.3 Å². The zero-order valence-electron chi connectivity index (χ0n) is 35.7. The van der Waals surface area contributed by atoms with E-state index in [1.807, 2.05) is 32.9 Å². The lowest BCUT2D eigenvalue weighted by Crippen LogP contribution is -2.60. The van der Waals surface area contributed by atoms with Crippen LogP contribution in [0.1, 0.15) is 105 Å². The summed E-state index contributed by atoms with van der Waals surface area (Å²) < 4.78 is 23.5. The topological polar surface area (TPSA) is 227 Å². The maximum Gasteiger partial charge on any atom is 0.330 e. The second kappa shape index (κ2) is 22.7. The van der Waals surface area contributed by atoms with Crippen molar-refractivity contribution in [3.8, 4) is 0 Å². The van der Waals surface area contributed by atoms with Crippen LogP contribution in [0.5, 0.6) is 0 Å². The van der Waals surface area contributed by atoms with Crippen LogP contribution in [0.2, 0.25) is 0 Å². The van der Waals surface area contributed by atoms with Crippen molar-refractivity contribution in [2.24, 2.45) is 35.5 Å². The predicted molar refractivity (Wildman–Crippen MR) is 215 cm³/mol. The molecule has 4 rings (SSSR count). The van der Waals surface area contributed by atoms with E-state index in [0.29, 0.717) is 44.1 Å². The largest absolute Gasteiger partial charge is 0.481 e. The summed E-state index contributed by atoms with van der Waals surface area (Å²) >= 11 is 0. The van der Waals surface area contributed by atoms with Crippen molar-refractivity contribution in [2.45, 2.75) is 154 Å². The minimum atomic E-state index is -1.25. The molecule has 0 spiro atoms. The van der Waals surface area contributed by atoms with Gasteiger partial charge in [0.25, 0.3) is 5.91 Å². The first-order valence-corrected chi connectivity index (χ1v) is 21.5. The molecule has 14 atom stereocenters. The summed E-state index contributed by atoms with van der Waals surface area (Å²) in [6, 6.07) is -1.14. The van der Waals surface area contributed by atoms with E-state index in [9.17, 15) is 49.5 Å². The highest BCUT2D eigenvalue weighted by atomic mass is 16.6. The Balaban J connectivity index is 1.78. The quantitative estimate of drug-likeness (QED) is 0.115. The first-order valence-electron chi connectivity index (χ1n) is 21.5. The number of rotatable bonds is 11. The Morgan fingerprint density at radius 1 is 1.02 bits per heavy atom. The van der Waals surface area contributed by atoms with Gasteiger partial charge in [0.05, 0.1) is 30.5 Å².